The van der Waals surface area contributed by atoms with Crippen LogP contribution >= 0.6 is 0 Å². The van der Waals surface area contributed by atoms with Crippen LogP contribution in [0.2, 0.25) is 0 Å². The third-order valence-corrected chi connectivity index (χ3v) is 12.0. The average Bonchev–Trinajstić information content (AvgIpc) is 3.40. The normalized spacial score (nSPS) is 11.6. The molecular weight excluding hydrogens is 835 g/mol. The van der Waals surface area contributed by atoms with Gasteiger partial charge in [0.05, 0.1) is 22.6 Å². The maximum Gasteiger partial charge on any atom is 0.305 e. The summed E-state index contributed by atoms with van der Waals surface area (Å²) >= 11 is 0. The standard InChI is InChI=1S/C62H45N3O3/c66-62(67,68)54-33-35-61(65-42-54)52-32-34-57(58(41-52)49-30-28-48(29-31-49)47-10-2-1-3-11-47)56-13-5-4-12-55(56)53-39-45(18-16-43-20-24-50(25-21-43)59-14-6-8-36-63-59)38-46(40-53)19-17-44-22-26-51(27-23-44)60-15-7-9-37-64-60/h1-42,66-68H/b18-16-,19-17-. The summed E-state index contributed by atoms with van der Waals surface area (Å²) in [6.45, 7) is 0. The Hall–Kier alpha value is -8.65. The molecule has 68 heavy (non-hydrogen) atoms. The van der Waals surface area contributed by atoms with Crippen LogP contribution in [0.4, 0.5) is 0 Å². The van der Waals surface area contributed by atoms with Gasteiger partial charge in [0.2, 0.25) is 0 Å². The Morgan fingerprint density at radius 1 is 0.294 bits per heavy atom. The van der Waals surface area contributed by atoms with Crippen LogP contribution in [0.25, 0.3) is 103 Å². The molecule has 7 aromatic carbocycles. The summed E-state index contributed by atoms with van der Waals surface area (Å²) in [7, 11) is 0. The lowest BCUT2D eigenvalue weighted by atomic mass is 9.87. The van der Waals surface area contributed by atoms with Crippen LogP contribution in [-0.2, 0) is 5.97 Å². The molecule has 3 N–H and O–H groups in total. The zero-order valence-electron chi connectivity index (χ0n) is 36.9. The van der Waals surface area contributed by atoms with E-state index in [9.17, 15) is 15.3 Å². The van der Waals surface area contributed by atoms with Crippen LogP contribution in [0.15, 0.2) is 231 Å². The lowest BCUT2D eigenvalue weighted by Crippen LogP contribution is -2.23. The fourth-order valence-electron chi connectivity index (χ4n) is 8.39. The van der Waals surface area contributed by atoms with Crippen molar-refractivity contribution in [3.05, 3.63) is 259 Å². The highest BCUT2D eigenvalue weighted by Crippen LogP contribution is 2.41. The number of pyridine rings is 3. The molecule has 0 aliphatic carbocycles. The van der Waals surface area contributed by atoms with E-state index in [-0.39, 0.29) is 5.56 Å². The third-order valence-electron chi connectivity index (χ3n) is 12.0. The third kappa shape index (κ3) is 9.94. The zero-order chi connectivity index (χ0) is 46.3. The highest BCUT2D eigenvalue weighted by Gasteiger charge is 2.22. The van der Waals surface area contributed by atoms with E-state index in [2.05, 4.69) is 179 Å². The molecule has 326 valence electrons. The van der Waals surface area contributed by atoms with Gasteiger partial charge < -0.3 is 15.3 Å². The van der Waals surface area contributed by atoms with Gasteiger partial charge in [0.25, 0.3) is 0 Å². The summed E-state index contributed by atoms with van der Waals surface area (Å²) in [5.41, 5.74) is 18.1. The number of aromatic nitrogens is 3. The molecule has 0 aliphatic rings. The summed E-state index contributed by atoms with van der Waals surface area (Å²) in [5.74, 6) is -2.98. The van der Waals surface area contributed by atoms with Crippen LogP contribution in [0.3, 0.4) is 0 Å². The van der Waals surface area contributed by atoms with Crippen LogP contribution in [0, 0.1) is 0 Å². The molecule has 0 spiro atoms. The molecule has 0 bridgehead atoms. The minimum absolute atomic E-state index is 0.119. The largest absolute Gasteiger partial charge is 0.340 e. The highest BCUT2D eigenvalue weighted by atomic mass is 16.7. The number of rotatable bonds is 12. The fourth-order valence-corrected chi connectivity index (χ4v) is 8.39. The first-order chi connectivity index (χ1) is 33.3. The van der Waals surface area contributed by atoms with Gasteiger partial charge >= 0.3 is 5.97 Å². The van der Waals surface area contributed by atoms with Gasteiger partial charge in [-0.2, -0.15) is 0 Å². The predicted octanol–water partition coefficient (Wildman–Crippen LogP) is 14.0. The molecule has 10 rings (SSSR count). The van der Waals surface area contributed by atoms with Gasteiger partial charge in [0, 0.05) is 35.3 Å². The molecule has 6 nitrogen and oxygen atoms in total. The van der Waals surface area contributed by atoms with Crippen molar-refractivity contribution < 1.29 is 15.3 Å². The maximum absolute atomic E-state index is 9.78. The second-order valence-electron chi connectivity index (χ2n) is 16.5. The summed E-state index contributed by atoms with van der Waals surface area (Å²) in [6.07, 6.45) is 13.5. The van der Waals surface area contributed by atoms with Crippen LogP contribution < -0.4 is 0 Å². The Bertz CT molecular complexity index is 3250. The van der Waals surface area contributed by atoms with E-state index in [1.807, 2.05) is 73.1 Å². The van der Waals surface area contributed by atoms with E-state index in [4.69, 9.17) is 0 Å². The molecule has 3 aromatic heterocycles. The topological polar surface area (TPSA) is 99.4 Å². The monoisotopic (exact) mass is 879 g/mol. The second-order valence-corrected chi connectivity index (χ2v) is 16.5. The summed E-state index contributed by atoms with van der Waals surface area (Å²) < 4.78 is 0. The lowest BCUT2D eigenvalue weighted by Gasteiger charge is -2.18. The number of aliphatic hydroxyl groups is 3. The first kappa shape index (κ1) is 43.3. The average molecular weight is 880 g/mol. The van der Waals surface area contributed by atoms with Crippen molar-refractivity contribution in [3.63, 3.8) is 0 Å². The first-order valence-electron chi connectivity index (χ1n) is 22.4. The Kier molecular flexibility index (Phi) is 12.4. The van der Waals surface area contributed by atoms with Crippen LogP contribution in [-0.4, -0.2) is 30.3 Å². The van der Waals surface area contributed by atoms with Crippen molar-refractivity contribution >= 4 is 24.3 Å². The molecule has 0 fully saturated rings. The first-order valence-corrected chi connectivity index (χ1v) is 22.4. The van der Waals surface area contributed by atoms with Gasteiger partial charge in [0.1, 0.15) is 0 Å². The molecule has 3 heterocycles. The number of nitrogens with zero attached hydrogens (tertiary/aromatic N) is 3. The van der Waals surface area contributed by atoms with Gasteiger partial charge in [0.15, 0.2) is 0 Å². The molecule has 10 aromatic rings. The van der Waals surface area contributed by atoms with Crippen molar-refractivity contribution in [3.8, 4) is 78.3 Å². The zero-order valence-corrected chi connectivity index (χ0v) is 36.9. The Morgan fingerprint density at radius 2 is 0.765 bits per heavy atom. The van der Waals surface area contributed by atoms with Gasteiger partial charge in [-0.05, 0) is 127 Å². The van der Waals surface area contributed by atoms with Crippen molar-refractivity contribution in [2.24, 2.45) is 0 Å². The molecule has 0 unspecified atom stereocenters. The van der Waals surface area contributed by atoms with Crippen LogP contribution in [0.1, 0.15) is 27.8 Å². The van der Waals surface area contributed by atoms with Crippen molar-refractivity contribution in [2.75, 3.05) is 0 Å². The lowest BCUT2D eigenvalue weighted by molar-refractivity contribution is -0.324. The molecular formula is C62H45N3O3. The fraction of sp³-hybridized carbons (Fsp3) is 0.0161. The van der Waals surface area contributed by atoms with E-state index in [1.165, 1.54) is 12.3 Å². The van der Waals surface area contributed by atoms with E-state index in [1.54, 1.807) is 6.07 Å². The molecule has 0 aliphatic heterocycles. The van der Waals surface area contributed by atoms with Crippen molar-refractivity contribution in [2.45, 2.75) is 5.97 Å². The van der Waals surface area contributed by atoms with E-state index >= 15 is 0 Å². The quantitative estimate of drug-likeness (QED) is 0.0835. The summed E-state index contributed by atoms with van der Waals surface area (Å²) in [5, 5.41) is 29.3. The minimum atomic E-state index is -2.98. The summed E-state index contributed by atoms with van der Waals surface area (Å²) in [4.78, 5) is 13.5. The number of hydrogen-bond donors (Lipinski definition) is 3. The molecule has 0 saturated carbocycles. The minimum Gasteiger partial charge on any atom is -0.340 e. The maximum atomic E-state index is 9.78. The summed E-state index contributed by atoms with van der Waals surface area (Å²) in [6, 6.07) is 72.4. The molecule has 0 radical (unpaired) electrons. The predicted molar refractivity (Wildman–Crippen MR) is 277 cm³/mol. The number of benzene rings is 7. The highest BCUT2D eigenvalue weighted by molar-refractivity contribution is 5.94. The molecule has 0 saturated heterocycles. The van der Waals surface area contributed by atoms with E-state index in [0.29, 0.717) is 5.69 Å². The SMILES string of the molecule is OC(O)(O)c1ccc(-c2ccc(-c3ccccc3-c3cc(/C=C\c4ccc(-c5ccccn5)cc4)cc(/C=C\c4ccc(-c5ccccn5)cc4)c3)c(-c3ccc(-c4ccccc4)cc3)c2)nc1. The second kappa shape index (κ2) is 19.4. The Morgan fingerprint density at radius 3 is 1.31 bits per heavy atom. The van der Waals surface area contributed by atoms with Crippen LogP contribution in [0.5, 0.6) is 0 Å². The smallest absolute Gasteiger partial charge is 0.305 e. The van der Waals surface area contributed by atoms with Crippen molar-refractivity contribution in [1.82, 2.24) is 15.0 Å². The molecule has 0 atom stereocenters. The van der Waals surface area contributed by atoms with Crippen molar-refractivity contribution in [1.29, 1.82) is 0 Å². The molecule has 0 amide bonds. The van der Waals surface area contributed by atoms with Gasteiger partial charge in [-0.25, -0.2) is 0 Å². The van der Waals surface area contributed by atoms with Gasteiger partial charge in [-0.1, -0.05) is 176 Å². The van der Waals surface area contributed by atoms with E-state index < -0.39 is 5.97 Å². The number of hydrogen-bond acceptors (Lipinski definition) is 6. The van der Waals surface area contributed by atoms with Gasteiger partial charge in [-0.3, -0.25) is 15.0 Å². The Labute approximate surface area is 395 Å². The van der Waals surface area contributed by atoms with E-state index in [0.717, 1.165) is 94.8 Å². The molecule has 6 heteroatoms. The van der Waals surface area contributed by atoms with Gasteiger partial charge in [-0.15, -0.1) is 0 Å². The Balaban J connectivity index is 1.06.